The summed E-state index contributed by atoms with van der Waals surface area (Å²) in [5.74, 6) is 0.124. The van der Waals surface area contributed by atoms with Crippen LogP contribution in [0.15, 0.2) is 6.33 Å². The molecule has 0 saturated heterocycles. The molecular weight excluding hydrogens is 248 g/mol. The molecule has 1 aromatic heterocycles. The van der Waals surface area contributed by atoms with Crippen LogP contribution < -0.4 is 4.90 Å². The molecule has 1 heterocycles. The van der Waals surface area contributed by atoms with E-state index in [2.05, 4.69) is 9.97 Å². The largest absolute Gasteiger partial charge is 0.395 e. The predicted octanol–water partition coefficient (Wildman–Crippen LogP) is 1.25. The zero-order valence-electron chi connectivity index (χ0n) is 9.50. The van der Waals surface area contributed by atoms with E-state index in [1.165, 1.54) is 0 Å². The first-order valence-corrected chi connectivity index (χ1v) is 5.39. The van der Waals surface area contributed by atoms with Crippen LogP contribution >= 0.6 is 11.6 Å². The highest BCUT2D eigenvalue weighted by molar-refractivity contribution is 6.31. The van der Waals surface area contributed by atoms with Crippen molar-refractivity contribution in [3.8, 4) is 0 Å². The number of aliphatic hydroxyl groups excluding tert-OH is 1. The van der Waals surface area contributed by atoms with Gasteiger partial charge in [-0.3, -0.25) is 10.1 Å². The first kappa shape index (κ1) is 13.6. The zero-order chi connectivity index (χ0) is 13.0. The number of nitro groups is 1. The van der Waals surface area contributed by atoms with E-state index in [0.717, 1.165) is 6.33 Å². The van der Waals surface area contributed by atoms with E-state index in [-0.39, 0.29) is 35.9 Å². The fraction of sp³-hybridized carbons (Fsp3) is 0.556. The van der Waals surface area contributed by atoms with Crippen molar-refractivity contribution in [3.63, 3.8) is 0 Å². The maximum Gasteiger partial charge on any atom is 0.348 e. The molecule has 7 nitrogen and oxygen atoms in total. The SMILES string of the molecule is CC(C)N(CCO)c1ncnc(Cl)c1[N+](=O)[O-]. The number of anilines is 1. The quantitative estimate of drug-likeness (QED) is 0.486. The average molecular weight is 261 g/mol. The number of rotatable bonds is 5. The molecule has 8 heteroatoms. The second kappa shape index (κ2) is 5.74. The predicted molar refractivity (Wildman–Crippen MR) is 63.3 cm³/mol. The average Bonchev–Trinajstić information content (AvgIpc) is 2.24. The third-order valence-electron chi connectivity index (χ3n) is 2.18. The van der Waals surface area contributed by atoms with E-state index in [4.69, 9.17) is 16.7 Å². The summed E-state index contributed by atoms with van der Waals surface area (Å²) in [5.41, 5.74) is -0.337. The normalized spacial score (nSPS) is 10.6. The van der Waals surface area contributed by atoms with Crippen LogP contribution in [0.1, 0.15) is 13.8 Å². The molecule has 0 fully saturated rings. The van der Waals surface area contributed by atoms with Crippen LogP contribution in [0.4, 0.5) is 11.5 Å². The lowest BCUT2D eigenvalue weighted by Gasteiger charge is -2.26. The number of hydrogen-bond acceptors (Lipinski definition) is 6. The molecule has 0 aliphatic rings. The van der Waals surface area contributed by atoms with Crippen molar-refractivity contribution < 1.29 is 10.0 Å². The smallest absolute Gasteiger partial charge is 0.348 e. The van der Waals surface area contributed by atoms with Crippen LogP contribution in [0.5, 0.6) is 0 Å². The van der Waals surface area contributed by atoms with E-state index in [1.54, 1.807) is 4.90 Å². The molecule has 1 aromatic rings. The van der Waals surface area contributed by atoms with Crippen molar-refractivity contribution >= 4 is 23.1 Å². The maximum absolute atomic E-state index is 10.9. The van der Waals surface area contributed by atoms with E-state index < -0.39 is 4.92 Å². The summed E-state index contributed by atoms with van der Waals surface area (Å²) < 4.78 is 0. The lowest BCUT2D eigenvalue weighted by atomic mass is 10.3. The first-order chi connectivity index (χ1) is 7.99. The van der Waals surface area contributed by atoms with E-state index in [0.29, 0.717) is 0 Å². The number of hydrogen-bond donors (Lipinski definition) is 1. The summed E-state index contributed by atoms with van der Waals surface area (Å²) in [5, 5.41) is 19.7. The van der Waals surface area contributed by atoms with Crippen LogP contribution in [-0.4, -0.2) is 39.2 Å². The second-order valence-corrected chi connectivity index (χ2v) is 3.96. The summed E-state index contributed by atoms with van der Waals surface area (Å²) in [7, 11) is 0. The fourth-order valence-electron chi connectivity index (χ4n) is 1.43. The van der Waals surface area contributed by atoms with Crippen LogP contribution in [0.3, 0.4) is 0 Å². The molecule has 94 valence electrons. The van der Waals surface area contributed by atoms with Crippen molar-refractivity contribution in [1.82, 2.24) is 9.97 Å². The molecular formula is C9H13ClN4O3. The van der Waals surface area contributed by atoms with Gasteiger partial charge in [0.25, 0.3) is 0 Å². The summed E-state index contributed by atoms with van der Waals surface area (Å²) in [6, 6.07) is -0.0492. The van der Waals surface area contributed by atoms with Gasteiger partial charge in [0.1, 0.15) is 6.33 Å². The van der Waals surface area contributed by atoms with Crippen LogP contribution in [-0.2, 0) is 0 Å². The van der Waals surface area contributed by atoms with Gasteiger partial charge >= 0.3 is 5.69 Å². The summed E-state index contributed by atoms with van der Waals surface area (Å²) >= 11 is 5.69. The van der Waals surface area contributed by atoms with Crippen LogP contribution in [0, 0.1) is 10.1 Å². The van der Waals surface area contributed by atoms with Crippen molar-refractivity contribution in [3.05, 3.63) is 21.6 Å². The lowest BCUT2D eigenvalue weighted by Crippen LogP contribution is -2.34. The van der Waals surface area contributed by atoms with Crippen molar-refractivity contribution in [2.24, 2.45) is 0 Å². The van der Waals surface area contributed by atoms with Crippen molar-refractivity contribution in [2.75, 3.05) is 18.1 Å². The minimum absolute atomic E-state index is 0.0492. The Labute approximate surface area is 103 Å². The third-order valence-corrected chi connectivity index (χ3v) is 2.45. The Balaban J connectivity index is 3.27. The van der Waals surface area contributed by atoms with Gasteiger partial charge in [0.2, 0.25) is 11.0 Å². The van der Waals surface area contributed by atoms with Gasteiger partial charge in [-0.2, -0.15) is 0 Å². The summed E-state index contributed by atoms with van der Waals surface area (Å²) in [4.78, 5) is 19.4. The highest BCUT2D eigenvalue weighted by Crippen LogP contribution is 2.31. The summed E-state index contributed by atoms with van der Waals surface area (Å²) in [6.45, 7) is 3.80. The molecule has 0 unspecified atom stereocenters. The Hall–Kier alpha value is -1.47. The molecule has 0 aliphatic carbocycles. The Bertz CT molecular complexity index is 413. The Morgan fingerprint density at radius 1 is 1.59 bits per heavy atom. The van der Waals surface area contributed by atoms with Crippen LogP contribution in [0.25, 0.3) is 0 Å². The third kappa shape index (κ3) is 3.01. The number of aliphatic hydroxyl groups is 1. The zero-order valence-corrected chi connectivity index (χ0v) is 10.3. The fourth-order valence-corrected chi connectivity index (χ4v) is 1.63. The molecule has 0 atom stereocenters. The van der Waals surface area contributed by atoms with Gasteiger partial charge < -0.3 is 10.0 Å². The molecule has 0 saturated carbocycles. The van der Waals surface area contributed by atoms with Crippen molar-refractivity contribution in [2.45, 2.75) is 19.9 Å². The second-order valence-electron chi connectivity index (χ2n) is 3.60. The van der Waals surface area contributed by atoms with Gasteiger partial charge in [0.15, 0.2) is 0 Å². The van der Waals surface area contributed by atoms with E-state index >= 15 is 0 Å². The van der Waals surface area contributed by atoms with Crippen LogP contribution in [0.2, 0.25) is 5.15 Å². The first-order valence-electron chi connectivity index (χ1n) is 5.01. The van der Waals surface area contributed by atoms with Gasteiger partial charge in [-0.05, 0) is 13.8 Å². The topological polar surface area (TPSA) is 92.4 Å². The van der Waals surface area contributed by atoms with Crippen molar-refractivity contribution in [1.29, 1.82) is 0 Å². The standard InChI is InChI=1S/C9H13ClN4O3/c1-6(2)13(3-4-15)9-7(14(16)17)8(10)11-5-12-9/h5-6,15H,3-4H2,1-2H3. The molecule has 1 N–H and O–H groups in total. The lowest BCUT2D eigenvalue weighted by molar-refractivity contribution is -0.384. The minimum Gasteiger partial charge on any atom is -0.395 e. The summed E-state index contributed by atoms with van der Waals surface area (Å²) in [6.07, 6.45) is 1.16. The molecule has 17 heavy (non-hydrogen) atoms. The molecule has 0 spiro atoms. The minimum atomic E-state index is -0.621. The van der Waals surface area contributed by atoms with Gasteiger partial charge in [0, 0.05) is 12.6 Å². The van der Waals surface area contributed by atoms with Gasteiger partial charge in [-0.1, -0.05) is 11.6 Å². The highest BCUT2D eigenvalue weighted by atomic mass is 35.5. The Morgan fingerprint density at radius 2 is 2.24 bits per heavy atom. The van der Waals surface area contributed by atoms with Gasteiger partial charge in [-0.25, -0.2) is 9.97 Å². The molecule has 1 rings (SSSR count). The van der Waals surface area contributed by atoms with E-state index in [9.17, 15) is 10.1 Å². The van der Waals surface area contributed by atoms with E-state index in [1.807, 2.05) is 13.8 Å². The highest BCUT2D eigenvalue weighted by Gasteiger charge is 2.26. The molecule has 0 aliphatic heterocycles. The molecule has 0 bridgehead atoms. The molecule has 0 radical (unpaired) electrons. The number of aromatic nitrogens is 2. The molecule has 0 amide bonds. The Morgan fingerprint density at radius 3 is 2.71 bits per heavy atom. The number of halogens is 1. The van der Waals surface area contributed by atoms with Gasteiger partial charge in [0.05, 0.1) is 11.5 Å². The Kier molecular flexibility index (Phi) is 4.59. The molecule has 0 aromatic carbocycles. The number of nitrogens with zero attached hydrogens (tertiary/aromatic N) is 4. The maximum atomic E-state index is 10.9. The monoisotopic (exact) mass is 260 g/mol. The van der Waals surface area contributed by atoms with Gasteiger partial charge in [-0.15, -0.1) is 0 Å².